The average Bonchev–Trinajstić information content (AvgIpc) is 2.27. The zero-order chi connectivity index (χ0) is 12.9. The van der Waals surface area contributed by atoms with Crippen LogP contribution in [0.3, 0.4) is 0 Å². The van der Waals surface area contributed by atoms with E-state index in [1.54, 1.807) is 19.1 Å². The predicted octanol–water partition coefficient (Wildman–Crippen LogP) is 2.48. The van der Waals surface area contributed by atoms with Crippen molar-refractivity contribution in [3.63, 3.8) is 0 Å². The molecule has 0 heterocycles. The van der Waals surface area contributed by atoms with E-state index in [0.717, 1.165) is 0 Å². The Kier molecular flexibility index (Phi) is 4.47. The highest BCUT2D eigenvalue weighted by Gasteiger charge is 2.25. The molecule has 0 aliphatic heterocycles. The standard InChI is InChI=1S/C13H17FN2O/c1-10(2)16-13(3,8-15)9-17-12-6-4-11(14)5-7-12/h4-7,10,16H,9H2,1-3H3. The van der Waals surface area contributed by atoms with Crippen molar-refractivity contribution in [3.05, 3.63) is 30.1 Å². The molecule has 0 bridgehead atoms. The summed E-state index contributed by atoms with van der Waals surface area (Å²) in [4.78, 5) is 0. The molecule has 1 aromatic carbocycles. The largest absolute Gasteiger partial charge is 0.491 e. The van der Waals surface area contributed by atoms with Crippen LogP contribution in [0.2, 0.25) is 0 Å². The van der Waals surface area contributed by atoms with Crippen LogP contribution >= 0.6 is 0 Å². The van der Waals surface area contributed by atoms with Gasteiger partial charge in [-0.3, -0.25) is 5.32 Å². The van der Waals surface area contributed by atoms with E-state index in [4.69, 9.17) is 10.00 Å². The van der Waals surface area contributed by atoms with Crippen molar-refractivity contribution in [3.8, 4) is 11.8 Å². The number of hydrogen-bond acceptors (Lipinski definition) is 3. The van der Waals surface area contributed by atoms with Crippen molar-refractivity contribution in [1.82, 2.24) is 5.32 Å². The number of nitriles is 1. The maximum atomic E-state index is 12.7. The molecule has 0 saturated heterocycles. The first-order valence-electron chi connectivity index (χ1n) is 5.52. The van der Waals surface area contributed by atoms with Gasteiger partial charge in [-0.2, -0.15) is 5.26 Å². The first-order chi connectivity index (χ1) is 7.95. The fourth-order valence-corrected chi connectivity index (χ4v) is 1.50. The maximum absolute atomic E-state index is 12.7. The highest BCUT2D eigenvalue weighted by molar-refractivity contribution is 5.22. The van der Waals surface area contributed by atoms with Crippen molar-refractivity contribution < 1.29 is 9.13 Å². The van der Waals surface area contributed by atoms with Gasteiger partial charge in [-0.05, 0) is 45.0 Å². The van der Waals surface area contributed by atoms with Gasteiger partial charge in [-0.15, -0.1) is 0 Å². The molecule has 1 aromatic rings. The lowest BCUT2D eigenvalue weighted by atomic mass is 10.1. The van der Waals surface area contributed by atoms with Crippen LogP contribution < -0.4 is 10.1 Å². The summed E-state index contributed by atoms with van der Waals surface area (Å²) in [6.07, 6.45) is 0. The molecule has 0 saturated carbocycles. The molecule has 0 aliphatic rings. The molecule has 1 atom stereocenters. The van der Waals surface area contributed by atoms with Gasteiger partial charge >= 0.3 is 0 Å². The summed E-state index contributed by atoms with van der Waals surface area (Å²) in [6.45, 7) is 5.92. The fourth-order valence-electron chi connectivity index (χ4n) is 1.50. The molecular weight excluding hydrogens is 219 g/mol. The van der Waals surface area contributed by atoms with Gasteiger partial charge in [-0.25, -0.2) is 4.39 Å². The molecule has 1 rings (SSSR count). The van der Waals surface area contributed by atoms with Gasteiger partial charge < -0.3 is 4.74 Å². The third-order valence-corrected chi connectivity index (χ3v) is 2.20. The van der Waals surface area contributed by atoms with Crippen LogP contribution in [0, 0.1) is 17.1 Å². The highest BCUT2D eigenvalue weighted by atomic mass is 19.1. The van der Waals surface area contributed by atoms with E-state index in [1.165, 1.54) is 12.1 Å². The first-order valence-corrected chi connectivity index (χ1v) is 5.52. The number of ether oxygens (including phenoxy) is 1. The lowest BCUT2D eigenvalue weighted by molar-refractivity contribution is 0.225. The van der Waals surface area contributed by atoms with Gasteiger partial charge in [-0.1, -0.05) is 0 Å². The smallest absolute Gasteiger partial charge is 0.138 e. The fraction of sp³-hybridized carbons (Fsp3) is 0.462. The van der Waals surface area contributed by atoms with Gasteiger partial charge in [0.1, 0.15) is 23.7 Å². The Bertz CT molecular complexity index is 397. The normalized spacial score (nSPS) is 14.1. The lowest BCUT2D eigenvalue weighted by Gasteiger charge is -2.25. The molecule has 0 radical (unpaired) electrons. The zero-order valence-corrected chi connectivity index (χ0v) is 10.3. The second kappa shape index (κ2) is 5.65. The van der Waals surface area contributed by atoms with E-state index in [-0.39, 0.29) is 18.5 Å². The molecule has 3 nitrogen and oxygen atoms in total. The Labute approximate surface area is 101 Å². The van der Waals surface area contributed by atoms with E-state index in [2.05, 4.69) is 11.4 Å². The minimum Gasteiger partial charge on any atom is -0.491 e. The molecule has 0 aliphatic carbocycles. The number of nitrogens with zero attached hydrogens (tertiary/aromatic N) is 1. The monoisotopic (exact) mass is 236 g/mol. The molecule has 0 fully saturated rings. The average molecular weight is 236 g/mol. The third-order valence-electron chi connectivity index (χ3n) is 2.20. The van der Waals surface area contributed by atoms with Crippen molar-refractivity contribution >= 4 is 0 Å². The lowest BCUT2D eigenvalue weighted by Crippen LogP contribution is -2.49. The van der Waals surface area contributed by atoms with E-state index in [0.29, 0.717) is 5.75 Å². The number of rotatable bonds is 5. The third kappa shape index (κ3) is 4.41. The van der Waals surface area contributed by atoms with Crippen LogP contribution in [0.4, 0.5) is 4.39 Å². The highest BCUT2D eigenvalue weighted by Crippen LogP contribution is 2.14. The molecule has 92 valence electrons. The van der Waals surface area contributed by atoms with Gasteiger partial charge in [0.2, 0.25) is 0 Å². The van der Waals surface area contributed by atoms with Crippen molar-refractivity contribution in [2.75, 3.05) is 6.61 Å². The molecule has 4 heteroatoms. The molecule has 0 spiro atoms. The number of nitrogens with one attached hydrogen (secondary N) is 1. The number of benzene rings is 1. The van der Waals surface area contributed by atoms with Gasteiger partial charge in [0.05, 0.1) is 6.07 Å². The van der Waals surface area contributed by atoms with Gasteiger partial charge in [0.15, 0.2) is 0 Å². The number of halogens is 1. The van der Waals surface area contributed by atoms with Gasteiger partial charge in [0, 0.05) is 6.04 Å². The van der Waals surface area contributed by atoms with Crippen LogP contribution in [0.1, 0.15) is 20.8 Å². The minimum atomic E-state index is -0.747. The van der Waals surface area contributed by atoms with Crippen LogP contribution in [-0.2, 0) is 0 Å². The summed E-state index contributed by atoms with van der Waals surface area (Å²) in [5, 5.41) is 12.2. The summed E-state index contributed by atoms with van der Waals surface area (Å²) in [7, 11) is 0. The predicted molar refractivity (Wildman–Crippen MR) is 64.2 cm³/mol. The SMILES string of the molecule is CC(C)NC(C)(C#N)COc1ccc(F)cc1. The summed E-state index contributed by atoms with van der Waals surface area (Å²) in [6, 6.07) is 8.12. The van der Waals surface area contributed by atoms with E-state index in [9.17, 15) is 4.39 Å². The minimum absolute atomic E-state index is 0.191. The van der Waals surface area contributed by atoms with Gasteiger partial charge in [0.25, 0.3) is 0 Å². The summed E-state index contributed by atoms with van der Waals surface area (Å²) in [5.41, 5.74) is -0.747. The first kappa shape index (κ1) is 13.5. The number of hydrogen-bond donors (Lipinski definition) is 1. The van der Waals surface area contributed by atoms with Crippen LogP contribution in [-0.4, -0.2) is 18.2 Å². The second-order valence-electron chi connectivity index (χ2n) is 4.49. The quantitative estimate of drug-likeness (QED) is 0.854. The molecule has 17 heavy (non-hydrogen) atoms. The van der Waals surface area contributed by atoms with Crippen LogP contribution in [0.5, 0.6) is 5.75 Å². The summed E-state index contributed by atoms with van der Waals surface area (Å²) >= 11 is 0. The molecule has 1 N–H and O–H groups in total. The van der Waals surface area contributed by atoms with Crippen molar-refractivity contribution in [1.29, 1.82) is 5.26 Å². The molecular formula is C13H17FN2O. The van der Waals surface area contributed by atoms with Crippen LogP contribution in [0.25, 0.3) is 0 Å². The van der Waals surface area contributed by atoms with Crippen molar-refractivity contribution in [2.24, 2.45) is 0 Å². The Hall–Kier alpha value is -1.60. The summed E-state index contributed by atoms with van der Waals surface area (Å²) in [5.74, 6) is 0.249. The molecule has 0 amide bonds. The van der Waals surface area contributed by atoms with E-state index in [1.807, 2.05) is 13.8 Å². The molecule has 0 aromatic heterocycles. The maximum Gasteiger partial charge on any atom is 0.138 e. The van der Waals surface area contributed by atoms with E-state index >= 15 is 0 Å². The Balaban J connectivity index is 2.59. The van der Waals surface area contributed by atoms with Crippen LogP contribution in [0.15, 0.2) is 24.3 Å². The van der Waals surface area contributed by atoms with Crippen molar-refractivity contribution in [2.45, 2.75) is 32.4 Å². The van der Waals surface area contributed by atoms with E-state index < -0.39 is 5.54 Å². The topological polar surface area (TPSA) is 45.0 Å². The second-order valence-corrected chi connectivity index (χ2v) is 4.49. The zero-order valence-electron chi connectivity index (χ0n) is 10.3. The Morgan fingerprint density at radius 2 is 2.00 bits per heavy atom. The Morgan fingerprint density at radius 3 is 2.47 bits per heavy atom. The molecule has 1 unspecified atom stereocenters. The Morgan fingerprint density at radius 1 is 1.41 bits per heavy atom. The summed E-state index contributed by atoms with van der Waals surface area (Å²) < 4.78 is 18.1.